The van der Waals surface area contributed by atoms with Crippen LogP contribution in [0.4, 0.5) is 11.6 Å². The summed E-state index contributed by atoms with van der Waals surface area (Å²) >= 11 is 0. The van der Waals surface area contributed by atoms with E-state index in [0.29, 0.717) is 30.3 Å². The lowest BCUT2D eigenvalue weighted by Crippen LogP contribution is -2.29. The molecule has 4 aromatic rings. The van der Waals surface area contributed by atoms with E-state index in [-0.39, 0.29) is 16.9 Å². The normalized spacial score (nSPS) is 10.9. The molecule has 36 heavy (non-hydrogen) atoms. The average molecular weight is 490 g/mol. The zero-order valence-corrected chi connectivity index (χ0v) is 20.3. The van der Waals surface area contributed by atoms with Crippen molar-refractivity contribution in [3.8, 4) is 11.4 Å². The minimum absolute atomic E-state index is 0.0888. The fourth-order valence-corrected chi connectivity index (χ4v) is 3.60. The lowest BCUT2D eigenvalue weighted by molar-refractivity contribution is 0.0536. The van der Waals surface area contributed by atoms with Crippen molar-refractivity contribution in [2.75, 3.05) is 32.8 Å². The summed E-state index contributed by atoms with van der Waals surface area (Å²) in [5, 5.41) is 3.35. The predicted molar refractivity (Wildman–Crippen MR) is 136 cm³/mol. The number of rotatable bonds is 10. The quantitative estimate of drug-likeness (QED) is 0.257. The summed E-state index contributed by atoms with van der Waals surface area (Å²) in [6, 6.07) is 15.2. The van der Waals surface area contributed by atoms with Crippen LogP contribution in [0.5, 0.6) is 5.75 Å². The number of methoxy groups -OCH3 is 1. The Morgan fingerprint density at radius 3 is 2.61 bits per heavy atom. The van der Waals surface area contributed by atoms with Crippen molar-refractivity contribution in [3.05, 3.63) is 82.3 Å². The monoisotopic (exact) mass is 489 g/mol. The van der Waals surface area contributed by atoms with Crippen LogP contribution in [0.3, 0.4) is 0 Å². The van der Waals surface area contributed by atoms with E-state index in [1.54, 1.807) is 11.7 Å². The molecule has 0 bridgehead atoms. The third-order valence-corrected chi connectivity index (χ3v) is 5.45. The van der Waals surface area contributed by atoms with Crippen molar-refractivity contribution in [2.45, 2.75) is 13.3 Å². The molecule has 0 aliphatic rings. The van der Waals surface area contributed by atoms with E-state index in [0.717, 1.165) is 17.7 Å². The first kappa shape index (κ1) is 24.8. The Balaban J connectivity index is 1.77. The molecule has 2 N–H and O–H groups in total. The van der Waals surface area contributed by atoms with Crippen LogP contribution < -0.4 is 21.0 Å². The molecule has 0 aliphatic heterocycles. The van der Waals surface area contributed by atoms with Gasteiger partial charge in [-0.05, 0) is 36.2 Å². The maximum absolute atomic E-state index is 13.1. The van der Waals surface area contributed by atoms with Crippen LogP contribution in [0.2, 0.25) is 0 Å². The molecule has 1 amide bonds. The first-order chi connectivity index (χ1) is 17.5. The number of hydrogen-bond donors (Lipinski definition) is 2. The number of fused-ring (bicyclic) bond motifs is 1. The summed E-state index contributed by atoms with van der Waals surface area (Å²) in [6.07, 6.45) is 3.75. The molecule has 0 aliphatic carbocycles. The molecular weight excluding hydrogens is 462 g/mol. The summed E-state index contributed by atoms with van der Waals surface area (Å²) in [4.78, 5) is 39.3. The Morgan fingerprint density at radius 1 is 1.08 bits per heavy atom. The van der Waals surface area contributed by atoms with Crippen molar-refractivity contribution in [3.63, 3.8) is 0 Å². The van der Waals surface area contributed by atoms with E-state index >= 15 is 0 Å². The Labute approximate surface area is 207 Å². The van der Waals surface area contributed by atoms with E-state index in [9.17, 15) is 9.59 Å². The lowest BCUT2D eigenvalue weighted by atomic mass is 10.1. The van der Waals surface area contributed by atoms with Crippen molar-refractivity contribution in [1.82, 2.24) is 20.0 Å². The Morgan fingerprint density at radius 2 is 1.89 bits per heavy atom. The molecule has 0 spiro atoms. The van der Waals surface area contributed by atoms with E-state index in [1.165, 1.54) is 19.5 Å². The molecule has 10 heteroatoms. The Bertz CT molecular complexity index is 1420. The zero-order valence-electron chi connectivity index (χ0n) is 20.3. The Hall–Kier alpha value is -4.28. The SMILES string of the molecule is CCc1ccc(-n2cc(C(=O)NOC)c(=O)c3cnc(Nc4cccc(OCCOC)c4)nc32)cc1. The van der Waals surface area contributed by atoms with Crippen molar-refractivity contribution in [2.24, 2.45) is 0 Å². The summed E-state index contributed by atoms with van der Waals surface area (Å²) in [7, 11) is 2.92. The van der Waals surface area contributed by atoms with Gasteiger partial charge in [0.1, 0.15) is 17.9 Å². The van der Waals surface area contributed by atoms with Crippen LogP contribution >= 0.6 is 0 Å². The molecule has 0 saturated carbocycles. The van der Waals surface area contributed by atoms with Gasteiger partial charge in [0.25, 0.3) is 5.91 Å². The number of nitrogens with zero attached hydrogens (tertiary/aromatic N) is 3. The van der Waals surface area contributed by atoms with Gasteiger partial charge in [-0.1, -0.05) is 25.1 Å². The van der Waals surface area contributed by atoms with E-state index in [2.05, 4.69) is 27.7 Å². The minimum atomic E-state index is -0.657. The fraction of sp³-hybridized carbons (Fsp3) is 0.231. The van der Waals surface area contributed by atoms with Crippen LogP contribution in [-0.4, -0.2) is 47.9 Å². The standard InChI is InChI=1S/C26H27N5O5/c1-4-17-8-10-19(11-9-17)31-16-22(25(33)30-35-3)23(32)21-15-27-26(29-24(21)31)28-18-6-5-7-20(14-18)36-13-12-34-2/h5-11,14-16H,4,12-13H2,1-3H3,(H,30,33)(H,27,28,29). The highest BCUT2D eigenvalue weighted by molar-refractivity contribution is 5.96. The van der Waals surface area contributed by atoms with Gasteiger partial charge in [0.2, 0.25) is 11.4 Å². The predicted octanol–water partition coefficient (Wildman–Crippen LogP) is 3.40. The smallest absolute Gasteiger partial charge is 0.280 e. The summed E-state index contributed by atoms with van der Waals surface area (Å²) < 4.78 is 12.4. The van der Waals surface area contributed by atoms with E-state index in [1.807, 2.05) is 48.5 Å². The number of carbonyl (C=O) groups excluding carboxylic acids is 1. The number of amides is 1. The fourth-order valence-electron chi connectivity index (χ4n) is 3.60. The van der Waals surface area contributed by atoms with Gasteiger partial charge in [0.15, 0.2) is 5.65 Å². The van der Waals surface area contributed by atoms with Crippen LogP contribution in [0.15, 0.2) is 65.7 Å². The number of anilines is 2. The van der Waals surface area contributed by atoms with Gasteiger partial charge in [-0.25, -0.2) is 10.5 Å². The summed E-state index contributed by atoms with van der Waals surface area (Å²) in [6.45, 7) is 2.97. The van der Waals surface area contributed by atoms with Gasteiger partial charge >= 0.3 is 0 Å². The average Bonchev–Trinajstić information content (AvgIpc) is 2.89. The maximum Gasteiger partial charge on any atom is 0.280 e. The number of hydroxylamine groups is 1. The van der Waals surface area contributed by atoms with E-state index < -0.39 is 11.3 Å². The molecule has 2 heterocycles. The van der Waals surface area contributed by atoms with Crippen LogP contribution in [0.25, 0.3) is 16.7 Å². The highest BCUT2D eigenvalue weighted by atomic mass is 16.6. The van der Waals surface area contributed by atoms with Crippen LogP contribution in [0, 0.1) is 0 Å². The van der Waals surface area contributed by atoms with Gasteiger partial charge in [0.05, 0.1) is 19.1 Å². The first-order valence-corrected chi connectivity index (χ1v) is 11.4. The highest BCUT2D eigenvalue weighted by Gasteiger charge is 2.18. The molecule has 186 valence electrons. The zero-order chi connectivity index (χ0) is 25.5. The molecule has 0 radical (unpaired) electrons. The number of carbonyl (C=O) groups is 1. The van der Waals surface area contributed by atoms with Gasteiger partial charge in [-0.2, -0.15) is 4.98 Å². The third kappa shape index (κ3) is 5.51. The van der Waals surface area contributed by atoms with E-state index in [4.69, 9.17) is 14.3 Å². The minimum Gasteiger partial charge on any atom is -0.491 e. The molecule has 2 aromatic carbocycles. The van der Waals surface area contributed by atoms with Crippen molar-refractivity contribution in [1.29, 1.82) is 0 Å². The molecule has 0 fully saturated rings. The van der Waals surface area contributed by atoms with Crippen LogP contribution in [0.1, 0.15) is 22.8 Å². The number of hydrogen-bond acceptors (Lipinski definition) is 8. The second-order valence-corrected chi connectivity index (χ2v) is 7.82. The summed E-state index contributed by atoms with van der Waals surface area (Å²) in [5.41, 5.74) is 4.58. The molecule has 10 nitrogen and oxygen atoms in total. The number of benzene rings is 2. The number of aromatic nitrogens is 3. The van der Waals surface area contributed by atoms with Crippen LogP contribution in [-0.2, 0) is 16.0 Å². The second-order valence-electron chi connectivity index (χ2n) is 7.82. The molecule has 0 unspecified atom stereocenters. The third-order valence-electron chi connectivity index (χ3n) is 5.45. The number of ether oxygens (including phenoxy) is 2. The highest BCUT2D eigenvalue weighted by Crippen LogP contribution is 2.22. The van der Waals surface area contributed by atoms with Gasteiger partial charge in [0, 0.05) is 36.9 Å². The number of nitrogens with one attached hydrogen (secondary N) is 2. The largest absolute Gasteiger partial charge is 0.491 e. The van der Waals surface area contributed by atoms with Crippen molar-refractivity contribution < 1.29 is 19.1 Å². The van der Waals surface area contributed by atoms with Gasteiger partial charge < -0.3 is 19.4 Å². The number of pyridine rings is 1. The Kier molecular flexibility index (Phi) is 7.89. The lowest BCUT2D eigenvalue weighted by Gasteiger charge is -2.14. The molecule has 2 aromatic heterocycles. The van der Waals surface area contributed by atoms with Gasteiger partial charge in [-0.3, -0.25) is 14.4 Å². The molecular formula is C26H27N5O5. The van der Waals surface area contributed by atoms with Crippen molar-refractivity contribution >= 4 is 28.6 Å². The first-order valence-electron chi connectivity index (χ1n) is 11.4. The maximum atomic E-state index is 13.1. The summed E-state index contributed by atoms with van der Waals surface area (Å²) in [5.74, 6) is 0.291. The number of aryl methyl sites for hydroxylation is 1. The topological polar surface area (TPSA) is 117 Å². The molecule has 0 saturated heterocycles. The van der Waals surface area contributed by atoms with Gasteiger partial charge in [-0.15, -0.1) is 0 Å². The molecule has 4 rings (SSSR count). The second kappa shape index (κ2) is 11.4. The molecule has 0 atom stereocenters.